The Balaban J connectivity index is 1.03. The number of anilines is 6. The van der Waals surface area contributed by atoms with Gasteiger partial charge in [0.2, 0.25) is 0 Å². The molecule has 0 fully saturated rings. The number of hydrogen-bond donors (Lipinski definition) is 0. The molecular weight excluding hydrogens is 795 g/mol. The van der Waals surface area contributed by atoms with Crippen molar-refractivity contribution in [2.24, 2.45) is 0 Å². The average Bonchev–Trinajstić information content (AvgIpc) is 4.02. The van der Waals surface area contributed by atoms with E-state index in [2.05, 4.69) is 216 Å². The number of nitrogens with zero attached hydrogens (tertiary/aromatic N) is 3. The molecule has 0 spiro atoms. The zero-order valence-corrected chi connectivity index (χ0v) is 35.9. The minimum Gasteiger partial charge on any atom is -0.454 e. The summed E-state index contributed by atoms with van der Waals surface area (Å²) < 4.78 is 15.7. The number of fused-ring (bicyclic) bond motifs is 10. The van der Waals surface area contributed by atoms with Crippen LogP contribution in [0, 0.1) is 13.8 Å². The standard InChI is InChI=1S/C60H41N3O2/c1-38-22-27-43(28-23-38)61(53-18-10-16-50-48-14-6-8-20-57(48)64-59(50)53)45-31-26-40-35-52-47-33-32-46(37-56(47)63(42-12-4-3-5-13-42)55(52)36-41(40)34-45)62(44-29-24-39(2)25-30-44)54-19-11-17-51-49-15-7-9-21-58(49)65-60(51)54/h3-37H,1-2H3. The summed E-state index contributed by atoms with van der Waals surface area (Å²) in [5.41, 5.74) is 15.4. The minimum atomic E-state index is 0.858. The maximum absolute atomic E-state index is 6.67. The summed E-state index contributed by atoms with van der Waals surface area (Å²) in [6.07, 6.45) is 0. The van der Waals surface area contributed by atoms with Crippen molar-refractivity contribution in [3.05, 3.63) is 223 Å². The van der Waals surface area contributed by atoms with Crippen molar-refractivity contribution < 1.29 is 8.83 Å². The first-order chi connectivity index (χ1) is 32.0. The third kappa shape index (κ3) is 5.93. The molecule has 0 radical (unpaired) electrons. The first-order valence-corrected chi connectivity index (χ1v) is 22.2. The Morgan fingerprint density at radius 2 is 0.831 bits per heavy atom. The smallest absolute Gasteiger partial charge is 0.159 e. The van der Waals surface area contributed by atoms with Crippen LogP contribution in [-0.2, 0) is 0 Å². The second kappa shape index (κ2) is 14.5. The van der Waals surface area contributed by atoms with E-state index in [1.807, 2.05) is 24.3 Å². The van der Waals surface area contributed by atoms with Crippen molar-refractivity contribution in [1.82, 2.24) is 4.57 Å². The molecule has 0 atom stereocenters. The summed E-state index contributed by atoms with van der Waals surface area (Å²) in [4.78, 5) is 4.66. The highest BCUT2D eigenvalue weighted by Crippen LogP contribution is 2.46. The van der Waals surface area contributed by atoms with Gasteiger partial charge in [0.25, 0.3) is 0 Å². The Hall–Kier alpha value is -8.54. The third-order valence-electron chi connectivity index (χ3n) is 13.1. The predicted octanol–water partition coefficient (Wildman–Crippen LogP) is 17.3. The summed E-state index contributed by atoms with van der Waals surface area (Å²) in [6.45, 7) is 4.26. The number of furan rings is 2. The number of aromatic nitrogens is 1. The number of hydrogen-bond acceptors (Lipinski definition) is 4. The van der Waals surface area contributed by atoms with Gasteiger partial charge in [-0.25, -0.2) is 0 Å². The Kier molecular flexibility index (Phi) is 8.27. The summed E-state index contributed by atoms with van der Waals surface area (Å²) in [5, 5.41) is 9.09. The molecule has 10 aromatic carbocycles. The van der Waals surface area contributed by atoms with Gasteiger partial charge in [0, 0.05) is 60.8 Å². The van der Waals surface area contributed by atoms with Gasteiger partial charge in [0.1, 0.15) is 11.2 Å². The van der Waals surface area contributed by atoms with Crippen LogP contribution < -0.4 is 9.80 Å². The number of para-hydroxylation sites is 5. The van der Waals surface area contributed by atoms with Crippen LogP contribution in [0.4, 0.5) is 34.1 Å². The maximum Gasteiger partial charge on any atom is 0.159 e. The number of aryl methyl sites for hydroxylation is 2. The zero-order valence-electron chi connectivity index (χ0n) is 35.9. The molecule has 0 aliphatic rings. The van der Waals surface area contributed by atoms with Gasteiger partial charge in [-0.05, 0) is 122 Å². The SMILES string of the molecule is Cc1ccc(N(c2ccc3cc4c5ccc(N(c6ccc(C)cc6)c6cccc7c6oc6ccccc67)cc5n(-c5ccccc5)c4cc3c2)c2cccc3c2oc2ccccc23)cc1. The second-order valence-electron chi connectivity index (χ2n) is 17.1. The molecule has 0 bridgehead atoms. The van der Waals surface area contributed by atoms with Crippen molar-refractivity contribution in [2.45, 2.75) is 13.8 Å². The van der Waals surface area contributed by atoms with Crippen molar-refractivity contribution >= 4 is 111 Å². The molecule has 65 heavy (non-hydrogen) atoms. The van der Waals surface area contributed by atoms with Gasteiger partial charge in [-0.3, -0.25) is 0 Å². The van der Waals surface area contributed by atoms with Crippen LogP contribution in [0.5, 0.6) is 0 Å². The van der Waals surface area contributed by atoms with E-state index >= 15 is 0 Å². The number of rotatable bonds is 7. The number of benzene rings is 10. The first-order valence-electron chi connectivity index (χ1n) is 22.2. The third-order valence-corrected chi connectivity index (χ3v) is 13.1. The fourth-order valence-corrected chi connectivity index (χ4v) is 9.93. The van der Waals surface area contributed by atoms with Gasteiger partial charge in [-0.2, -0.15) is 0 Å². The minimum absolute atomic E-state index is 0.858. The summed E-state index contributed by atoms with van der Waals surface area (Å²) in [6, 6.07) is 76.2. The molecule has 3 heterocycles. The van der Waals surface area contributed by atoms with Crippen molar-refractivity contribution in [3.63, 3.8) is 0 Å². The summed E-state index contributed by atoms with van der Waals surface area (Å²) in [7, 11) is 0. The lowest BCUT2D eigenvalue weighted by atomic mass is 10.0. The van der Waals surface area contributed by atoms with Gasteiger partial charge >= 0.3 is 0 Å². The lowest BCUT2D eigenvalue weighted by Crippen LogP contribution is -2.10. The molecule has 0 unspecified atom stereocenters. The van der Waals surface area contributed by atoms with Gasteiger partial charge in [0.15, 0.2) is 11.2 Å². The molecule has 0 saturated carbocycles. The molecule has 0 saturated heterocycles. The predicted molar refractivity (Wildman–Crippen MR) is 272 cm³/mol. The lowest BCUT2D eigenvalue weighted by molar-refractivity contribution is 0.668. The van der Waals surface area contributed by atoms with E-state index in [-0.39, 0.29) is 0 Å². The van der Waals surface area contributed by atoms with Crippen molar-refractivity contribution in [2.75, 3.05) is 9.80 Å². The van der Waals surface area contributed by atoms with Crippen molar-refractivity contribution in [1.29, 1.82) is 0 Å². The van der Waals surface area contributed by atoms with E-state index < -0.39 is 0 Å². The van der Waals surface area contributed by atoms with E-state index in [0.717, 1.165) is 100 Å². The van der Waals surface area contributed by atoms with Crippen LogP contribution in [0.25, 0.3) is 82.1 Å². The molecule has 5 heteroatoms. The molecule has 5 nitrogen and oxygen atoms in total. The monoisotopic (exact) mass is 835 g/mol. The largest absolute Gasteiger partial charge is 0.454 e. The van der Waals surface area contributed by atoms with Gasteiger partial charge in [-0.1, -0.05) is 126 Å². The molecule has 13 aromatic rings. The molecule has 0 aliphatic heterocycles. The molecule has 0 aliphatic carbocycles. The van der Waals surface area contributed by atoms with Crippen LogP contribution in [0.1, 0.15) is 11.1 Å². The second-order valence-corrected chi connectivity index (χ2v) is 17.1. The average molecular weight is 836 g/mol. The topological polar surface area (TPSA) is 37.7 Å². The highest BCUT2D eigenvalue weighted by molar-refractivity contribution is 6.16. The van der Waals surface area contributed by atoms with E-state index in [9.17, 15) is 0 Å². The van der Waals surface area contributed by atoms with Crippen LogP contribution >= 0.6 is 0 Å². The van der Waals surface area contributed by atoms with Gasteiger partial charge in [-0.15, -0.1) is 0 Å². The summed E-state index contributed by atoms with van der Waals surface area (Å²) in [5.74, 6) is 0. The normalized spacial score (nSPS) is 11.8. The Morgan fingerprint density at radius 1 is 0.338 bits per heavy atom. The molecule has 3 aromatic heterocycles. The maximum atomic E-state index is 6.67. The highest BCUT2D eigenvalue weighted by atomic mass is 16.3. The van der Waals surface area contributed by atoms with E-state index in [1.165, 1.54) is 27.3 Å². The van der Waals surface area contributed by atoms with Crippen LogP contribution in [0.15, 0.2) is 221 Å². The van der Waals surface area contributed by atoms with E-state index in [1.54, 1.807) is 0 Å². The van der Waals surface area contributed by atoms with Crippen LogP contribution in [-0.4, -0.2) is 4.57 Å². The van der Waals surface area contributed by atoms with Crippen LogP contribution in [0.2, 0.25) is 0 Å². The molecular formula is C60H41N3O2. The fraction of sp³-hybridized carbons (Fsp3) is 0.0333. The zero-order chi connectivity index (χ0) is 43.2. The molecule has 13 rings (SSSR count). The quantitative estimate of drug-likeness (QED) is 0.160. The van der Waals surface area contributed by atoms with Gasteiger partial charge < -0.3 is 23.2 Å². The van der Waals surface area contributed by atoms with Gasteiger partial charge in [0.05, 0.1) is 22.4 Å². The summed E-state index contributed by atoms with van der Waals surface area (Å²) >= 11 is 0. The molecule has 308 valence electrons. The first kappa shape index (κ1) is 37.1. The Morgan fingerprint density at radius 3 is 1.43 bits per heavy atom. The fourth-order valence-electron chi connectivity index (χ4n) is 9.93. The Labute approximate surface area is 375 Å². The van der Waals surface area contributed by atoms with E-state index in [4.69, 9.17) is 8.83 Å². The van der Waals surface area contributed by atoms with Crippen LogP contribution in [0.3, 0.4) is 0 Å². The highest BCUT2D eigenvalue weighted by Gasteiger charge is 2.23. The molecule has 0 amide bonds. The Bertz CT molecular complexity index is 3970. The molecule has 0 N–H and O–H groups in total. The van der Waals surface area contributed by atoms with E-state index in [0.29, 0.717) is 0 Å². The van der Waals surface area contributed by atoms with Crippen molar-refractivity contribution in [3.8, 4) is 5.69 Å². The lowest BCUT2D eigenvalue weighted by Gasteiger charge is -2.26.